The zero-order chi connectivity index (χ0) is 12.9. The van der Waals surface area contributed by atoms with E-state index >= 15 is 0 Å². The molecule has 0 aromatic heterocycles. The van der Waals surface area contributed by atoms with Crippen molar-refractivity contribution in [2.75, 3.05) is 0 Å². The molecule has 0 saturated carbocycles. The Morgan fingerprint density at radius 2 is 1.76 bits per heavy atom. The number of rotatable bonds is 3. The number of benzene rings is 1. The zero-order valence-corrected chi connectivity index (χ0v) is 10.3. The molecule has 0 aliphatic rings. The molecule has 3 heteroatoms. The summed E-state index contributed by atoms with van der Waals surface area (Å²) >= 11 is 0. The largest absolute Gasteiger partial charge is 0.456 e. The Morgan fingerprint density at radius 3 is 2.24 bits per heavy atom. The molecule has 0 aliphatic heterocycles. The average Bonchev–Trinajstić information content (AvgIpc) is 2.24. The van der Waals surface area contributed by atoms with Crippen molar-refractivity contribution in [2.45, 2.75) is 26.4 Å². The maximum Gasteiger partial charge on any atom is 0.338 e. The third-order valence-corrected chi connectivity index (χ3v) is 1.91. The summed E-state index contributed by atoms with van der Waals surface area (Å²) in [5, 5.41) is 0. The number of hydrogen-bond acceptors (Lipinski definition) is 3. The summed E-state index contributed by atoms with van der Waals surface area (Å²) < 4.78 is 5.23. The molecule has 0 bridgehead atoms. The van der Waals surface area contributed by atoms with Gasteiger partial charge in [0.25, 0.3) is 0 Å². The van der Waals surface area contributed by atoms with E-state index in [1.54, 1.807) is 30.3 Å². The molecule has 3 nitrogen and oxygen atoms in total. The second-order valence-electron chi connectivity index (χ2n) is 4.62. The molecule has 0 N–H and O–H groups in total. The van der Waals surface area contributed by atoms with Gasteiger partial charge in [0, 0.05) is 0 Å². The minimum atomic E-state index is -0.493. The number of carbonyl (C=O) groups is 2. The fraction of sp³-hybridized carbons (Fsp3) is 0.286. The Labute approximate surface area is 101 Å². The van der Waals surface area contributed by atoms with Crippen molar-refractivity contribution >= 4 is 18.3 Å². The summed E-state index contributed by atoms with van der Waals surface area (Å²) in [5.74, 6) is -0.344. The predicted molar refractivity (Wildman–Crippen MR) is 66.7 cm³/mol. The van der Waals surface area contributed by atoms with Crippen LogP contribution in [0.4, 0.5) is 0 Å². The first-order valence-corrected chi connectivity index (χ1v) is 5.37. The number of carbonyl (C=O) groups excluding carboxylic acids is 2. The van der Waals surface area contributed by atoms with Gasteiger partial charge < -0.3 is 4.74 Å². The van der Waals surface area contributed by atoms with Gasteiger partial charge in [-0.15, -0.1) is 0 Å². The lowest BCUT2D eigenvalue weighted by Crippen LogP contribution is -2.23. The minimum absolute atomic E-state index is 0.344. The van der Waals surface area contributed by atoms with Gasteiger partial charge in [0.15, 0.2) is 0 Å². The zero-order valence-electron chi connectivity index (χ0n) is 10.3. The van der Waals surface area contributed by atoms with Crippen molar-refractivity contribution in [1.29, 1.82) is 0 Å². The van der Waals surface area contributed by atoms with Gasteiger partial charge in [-0.1, -0.05) is 18.2 Å². The first-order chi connectivity index (χ1) is 7.92. The van der Waals surface area contributed by atoms with E-state index in [1.165, 1.54) is 6.08 Å². The van der Waals surface area contributed by atoms with Crippen LogP contribution in [0.1, 0.15) is 36.7 Å². The van der Waals surface area contributed by atoms with Crippen LogP contribution in [-0.2, 0) is 9.53 Å². The molecule has 0 fully saturated rings. The number of ether oxygens (including phenoxy) is 1. The van der Waals surface area contributed by atoms with Crippen LogP contribution in [0, 0.1) is 0 Å². The summed E-state index contributed by atoms with van der Waals surface area (Å²) in [6, 6.07) is 6.88. The predicted octanol–water partition coefficient (Wildman–Crippen LogP) is 2.85. The second kappa shape index (κ2) is 5.43. The summed E-state index contributed by atoms with van der Waals surface area (Å²) in [6.45, 7) is 5.48. The molecule has 0 amide bonds. The van der Waals surface area contributed by atoms with Gasteiger partial charge in [-0.25, -0.2) is 4.79 Å². The summed E-state index contributed by atoms with van der Waals surface area (Å²) in [7, 11) is 0. The van der Waals surface area contributed by atoms with Crippen molar-refractivity contribution < 1.29 is 14.3 Å². The number of esters is 1. The van der Waals surface area contributed by atoms with Crippen molar-refractivity contribution in [1.82, 2.24) is 0 Å². The van der Waals surface area contributed by atoms with Gasteiger partial charge in [0.05, 0.1) is 5.56 Å². The van der Waals surface area contributed by atoms with Crippen LogP contribution in [0.3, 0.4) is 0 Å². The van der Waals surface area contributed by atoms with E-state index in [0.29, 0.717) is 11.8 Å². The van der Waals surface area contributed by atoms with Crippen LogP contribution in [-0.4, -0.2) is 17.9 Å². The molecule has 0 atom stereocenters. The van der Waals surface area contributed by atoms with Crippen LogP contribution in [0.2, 0.25) is 0 Å². The van der Waals surface area contributed by atoms with E-state index < -0.39 is 5.60 Å². The Hall–Kier alpha value is -1.90. The lowest BCUT2D eigenvalue weighted by atomic mass is 10.1. The number of allylic oxidation sites excluding steroid dienone is 1. The molecule has 1 aromatic carbocycles. The maximum absolute atomic E-state index is 11.7. The molecule has 90 valence electrons. The van der Waals surface area contributed by atoms with E-state index in [0.717, 1.165) is 5.56 Å². The van der Waals surface area contributed by atoms with E-state index in [9.17, 15) is 9.59 Å². The molecule has 1 aromatic rings. The molecule has 17 heavy (non-hydrogen) atoms. The van der Waals surface area contributed by atoms with Crippen molar-refractivity contribution in [3.05, 3.63) is 41.5 Å². The average molecular weight is 232 g/mol. The van der Waals surface area contributed by atoms with Gasteiger partial charge in [-0.05, 0) is 44.5 Å². The van der Waals surface area contributed by atoms with Crippen molar-refractivity contribution in [3.8, 4) is 0 Å². The third-order valence-electron chi connectivity index (χ3n) is 1.91. The Morgan fingerprint density at radius 1 is 1.18 bits per heavy atom. The smallest absolute Gasteiger partial charge is 0.338 e. The quantitative estimate of drug-likeness (QED) is 0.457. The fourth-order valence-electron chi connectivity index (χ4n) is 1.22. The summed E-state index contributed by atoms with van der Waals surface area (Å²) in [5.41, 5.74) is 0.875. The normalized spacial score (nSPS) is 11.5. The highest BCUT2D eigenvalue weighted by molar-refractivity contribution is 5.90. The molecule has 0 saturated heterocycles. The van der Waals surface area contributed by atoms with E-state index in [2.05, 4.69) is 0 Å². The maximum atomic E-state index is 11.7. The standard InChI is InChI=1S/C14H16O3/c1-14(2,3)17-13(16)12-8-6-11(7-9-12)5-4-10-15/h4-10H,1-3H3. The Bertz CT molecular complexity index is 422. The molecule has 0 aliphatic carbocycles. The molecule has 1 rings (SSSR count). The Balaban J connectivity index is 2.77. The molecule has 0 radical (unpaired) electrons. The number of hydrogen-bond donors (Lipinski definition) is 0. The molecular formula is C14H16O3. The van der Waals surface area contributed by atoms with E-state index in [4.69, 9.17) is 4.74 Å². The van der Waals surface area contributed by atoms with Crippen molar-refractivity contribution in [2.24, 2.45) is 0 Å². The molecule has 0 heterocycles. The van der Waals surface area contributed by atoms with Crippen LogP contribution < -0.4 is 0 Å². The van der Waals surface area contributed by atoms with E-state index in [-0.39, 0.29) is 5.97 Å². The van der Waals surface area contributed by atoms with Gasteiger partial charge >= 0.3 is 5.97 Å². The molecule has 0 unspecified atom stereocenters. The summed E-state index contributed by atoms with van der Waals surface area (Å²) in [6.07, 6.45) is 3.79. The molecule has 0 spiro atoms. The lowest BCUT2D eigenvalue weighted by molar-refractivity contribution is -0.104. The summed E-state index contributed by atoms with van der Waals surface area (Å²) in [4.78, 5) is 21.8. The Kier molecular flexibility index (Phi) is 4.21. The van der Waals surface area contributed by atoms with Gasteiger partial charge in [-0.3, -0.25) is 4.79 Å². The second-order valence-corrected chi connectivity index (χ2v) is 4.62. The highest BCUT2D eigenvalue weighted by Gasteiger charge is 2.17. The first kappa shape index (κ1) is 13.2. The van der Waals surface area contributed by atoms with Crippen LogP contribution in [0.15, 0.2) is 30.3 Å². The van der Waals surface area contributed by atoms with Crippen molar-refractivity contribution in [3.63, 3.8) is 0 Å². The highest BCUT2D eigenvalue weighted by atomic mass is 16.6. The van der Waals surface area contributed by atoms with Crippen LogP contribution >= 0.6 is 0 Å². The first-order valence-electron chi connectivity index (χ1n) is 5.37. The topological polar surface area (TPSA) is 43.4 Å². The van der Waals surface area contributed by atoms with Crippen LogP contribution in [0.25, 0.3) is 6.08 Å². The lowest BCUT2D eigenvalue weighted by Gasteiger charge is -2.19. The molecular weight excluding hydrogens is 216 g/mol. The van der Waals surface area contributed by atoms with Crippen LogP contribution in [0.5, 0.6) is 0 Å². The monoisotopic (exact) mass is 232 g/mol. The van der Waals surface area contributed by atoms with Gasteiger partial charge in [0.1, 0.15) is 11.9 Å². The fourth-order valence-corrected chi connectivity index (χ4v) is 1.22. The highest BCUT2D eigenvalue weighted by Crippen LogP contribution is 2.13. The van der Waals surface area contributed by atoms with Gasteiger partial charge in [-0.2, -0.15) is 0 Å². The van der Waals surface area contributed by atoms with Gasteiger partial charge in [0.2, 0.25) is 0 Å². The SMILES string of the molecule is CC(C)(C)OC(=O)c1ccc(C=CC=O)cc1. The van der Waals surface area contributed by atoms with E-state index in [1.807, 2.05) is 20.8 Å². The number of aldehydes is 1. The minimum Gasteiger partial charge on any atom is -0.456 e. The third kappa shape index (κ3) is 4.64.